The number of esters is 1. The standard InChI is InChI=1S/C28H27ClO4/c1-32-26(25-22-11-18-12-23(25)16-28(29,14-18)15-22)21-10-9-19(24(30)13-21)6-3-17-4-7-20(8-5-17)27(31)33-2/h4-5,7-10,13,18,22-23,30H,11-12,14-16H2,1-2H3. The van der Waals surface area contributed by atoms with Gasteiger partial charge in [0.15, 0.2) is 0 Å². The van der Waals surface area contributed by atoms with E-state index in [9.17, 15) is 9.90 Å². The van der Waals surface area contributed by atoms with E-state index in [2.05, 4.69) is 11.8 Å². The molecular weight excluding hydrogens is 436 g/mol. The molecule has 5 heteroatoms. The van der Waals surface area contributed by atoms with Crippen LogP contribution >= 0.6 is 11.6 Å². The average molecular weight is 463 g/mol. The van der Waals surface area contributed by atoms with E-state index in [0.717, 1.165) is 42.1 Å². The average Bonchev–Trinajstić information content (AvgIpc) is 2.79. The summed E-state index contributed by atoms with van der Waals surface area (Å²) in [6, 6.07) is 12.4. The van der Waals surface area contributed by atoms with Crippen molar-refractivity contribution in [1.82, 2.24) is 0 Å². The van der Waals surface area contributed by atoms with Gasteiger partial charge in [-0.3, -0.25) is 0 Å². The van der Waals surface area contributed by atoms with Crippen LogP contribution in [0.4, 0.5) is 0 Å². The monoisotopic (exact) mass is 462 g/mol. The van der Waals surface area contributed by atoms with E-state index in [4.69, 9.17) is 21.1 Å². The van der Waals surface area contributed by atoms with Crippen LogP contribution in [0.25, 0.3) is 5.76 Å². The SMILES string of the molecule is COC(=O)c1ccc(C#Cc2ccc(C(OC)=C3C4CC5CC3CC(Cl)(C5)C4)cc2O)cc1. The van der Waals surface area contributed by atoms with Crippen LogP contribution in [0.3, 0.4) is 0 Å². The number of ether oxygens (including phenoxy) is 2. The Morgan fingerprint density at radius 3 is 2.21 bits per heavy atom. The lowest BCUT2D eigenvalue weighted by molar-refractivity contribution is 0.0600. The van der Waals surface area contributed by atoms with Gasteiger partial charge in [0.1, 0.15) is 11.5 Å². The van der Waals surface area contributed by atoms with Gasteiger partial charge in [-0.1, -0.05) is 11.8 Å². The van der Waals surface area contributed by atoms with Crippen molar-refractivity contribution in [3.8, 4) is 17.6 Å². The minimum atomic E-state index is -0.383. The van der Waals surface area contributed by atoms with Crippen molar-refractivity contribution in [3.63, 3.8) is 0 Å². The van der Waals surface area contributed by atoms with Crippen LogP contribution in [-0.4, -0.2) is 30.2 Å². The summed E-state index contributed by atoms with van der Waals surface area (Å²) in [4.78, 5) is 11.5. The van der Waals surface area contributed by atoms with Gasteiger partial charge < -0.3 is 14.6 Å². The quantitative estimate of drug-likeness (QED) is 0.273. The Labute approximate surface area is 199 Å². The first-order chi connectivity index (χ1) is 15.9. The zero-order valence-electron chi connectivity index (χ0n) is 18.9. The highest BCUT2D eigenvalue weighted by molar-refractivity contribution is 6.24. The van der Waals surface area contributed by atoms with Crippen LogP contribution in [0, 0.1) is 29.6 Å². The van der Waals surface area contributed by atoms with Crippen molar-refractivity contribution in [1.29, 1.82) is 0 Å². The van der Waals surface area contributed by atoms with Crippen molar-refractivity contribution in [2.24, 2.45) is 17.8 Å². The fraction of sp³-hybridized carbons (Fsp3) is 0.393. The fourth-order valence-electron chi connectivity index (χ4n) is 6.19. The van der Waals surface area contributed by atoms with Crippen molar-refractivity contribution in [2.75, 3.05) is 14.2 Å². The van der Waals surface area contributed by atoms with Gasteiger partial charge in [-0.2, -0.15) is 0 Å². The number of alkyl halides is 1. The molecule has 4 nitrogen and oxygen atoms in total. The first-order valence-electron chi connectivity index (χ1n) is 11.4. The number of hydrogen-bond donors (Lipinski definition) is 1. The molecule has 2 aromatic rings. The number of carbonyl (C=O) groups is 1. The number of allylic oxidation sites excluding steroid dienone is 1. The Morgan fingerprint density at radius 1 is 0.970 bits per heavy atom. The van der Waals surface area contributed by atoms with Gasteiger partial charge in [-0.25, -0.2) is 4.79 Å². The second-order valence-electron chi connectivity index (χ2n) is 9.53. The van der Waals surface area contributed by atoms with Gasteiger partial charge in [-0.15, -0.1) is 11.6 Å². The second kappa shape index (κ2) is 8.47. The van der Waals surface area contributed by atoms with Gasteiger partial charge in [-0.05, 0) is 97.9 Å². The van der Waals surface area contributed by atoms with E-state index in [1.165, 1.54) is 25.5 Å². The fourth-order valence-corrected chi connectivity index (χ4v) is 6.78. The summed E-state index contributed by atoms with van der Waals surface area (Å²) >= 11 is 6.91. The molecule has 4 aliphatic rings. The summed E-state index contributed by atoms with van der Waals surface area (Å²) < 4.78 is 10.6. The molecule has 0 saturated heterocycles. The maximum Gasteiger partial charge on any atom is 0.337 e. The molecule has 4 fully saturated rings. The lowest BCUT2D eigenvalue weighted by Crippen LogP contribution is -2.48. The molecule has 4 saturated carbocycles. The van der Waals surface area contributed by atoms with E-state index in [0.29, 0.717) is 23.0 Å². The molecule has 2 aromatic carbocycles. The third-order valence-corrected chi connectivity index (χ3v) is 7.83. The Hall–Kier alpha value is -2.90. The van der Waals surface area contributed by atoms with E-state index < -0.39 is 0 Å². The summed E-state index contributed by atoms with van der Waals surface area (Å²) in [5, 5.41) is 10.7. The summed E-state index contributed by atoms with van der Waals surface area (Å²) in [5.74, 6) is 8.36. The van der Waals surface area contributed by atoms with Crippen molar-refractivity contribution in [3.05, 3.63) is 70.3 Å². The Morgan fingerprint density at radius 2 is 1.64 bits per heavy atom. The van der Waals surface area contributed by atoms with Crippen LogP contribution in [0.1, 0.15) is 59.2 Å². The van der Waals surface area contributed by atoms with Crippen molar-refractivity contribution < 1.29 is 19.4 Å². The first kappa shape index (κ1) is 21.9. The Kier molecular flexibility index (Phi) is 5.62. The molecule has 170 valence electrons. The number of benzene rings is 2. The molecule has 0 aliphatic heterocycles. The van der Waals surface area contributed by atoms with E-state index >= 15 is 0 Å². The zero-order valence-corrected chi connectivity index (χ0v) is 19.6. The predicted molar refractivity (Wildman–Crippen MR) is 128 cm³/mol. The topological polar surface area (TPSA) is 55.8 Å². The molecule has 0 radical (unpaired) electrons. The van der Waals surface area contributed by atoms with Crippen molar-refractivity contribution >= 4 is 23.3 Å². The molecule has 6 rings (SSSR count). The minimum Gasteiger partial charge on any atom is -0.507 e. The van der Waals surface area contributed by atoms with Crippen LogP contribution in [0.15, 0.2) is 48.0 Å². The third-order valence-electron chi connectivity index (χ3n) is 7.37. The highest BCUT2D eigenvalue weighted by Gasteiger charge is 2.53. The molecule has 0 amide bonds. The van der Waals surface area contributed by atoms with Crippen LogP contribution in [0.2, 0.25) is 0 Å². The summed E-state index contributed by atoms with van der Waals surface area (Å²) in [6.45, 7) is 0. The van der Waals surface area contributed by atoms with E-state index in [1.807, 2.05) is 12.1 Å². The molecule has 2 atom stereocenters. The molecule has 0 spiro atoms. The molecule has 33 heavy (non-hydrogen) atoms. The number of carbonyl (C=O) groups excluding carboxylic acids is 1. The number of methoxy groups -OCH3 is 2. The molecule has 4 aliphatic carbocycles. The minimum absolute atomic E-state index is 0.0323. The summed E-state index contributed by atoms with van der Waals surface area (Å²) in [7, 11) is 3.07. The summed E-state index contributed by atoms with van der Waals surface area (Å²) in [6.07, 6.45) is 5.58. The highest BCUT2D eigenvalue weighted by atomic mass is 35.5. The lowest BCUT2D eigenvalue weighted by atomic mass is 9.53. The maximum atomic E-state index is 11.6. The van der Waals surface area contributed by atoms with Gasteiger partial charge in [0.05, 0.1) is 25.3 Å². The number of aromatic hydroxyl groups is 1. The largest absolute Gasteiger partial charge is 0.507 e. The Bertz CT molecular complexity index is 1170. The molecule has 4 bridgehead atoms. The third kappa shape index (κ3) is 4.11. The van der Waals surface area contributed by atoms with Crippen LogP contribution in [-0.2, 0) is 9.47 Å². The lowest BCUT2D eigenvalue weighted by Gasteiger charge is -2.55. The molecule has 2 unspecified atom stereocenters. The maximum absolute atomic E-state index is 11.6. The van der Waals surface area contributed by atoms with Crippen molar-refractivity contribution in [2.45, 2.75) is 37.0 Å². The number of halogens is 1. The van der Waals surface area contributed by atoms with Crippen LogP contribution in [0.5, 0.6) is 5.75 Å². The normalized spacial score (nSPS) is 27.0. The number of phenolic OH excluding ortho intramolecular Hbond substituents is 1. The first-order valence-corrected chi connectivity index (χ1v) is 11.8. The number of phenols is 1. The zero-order chi connectivity index (χ0) is 23.2. The Balaban J connectivity index is 1.41. The smallest absolute Gasteiger partial charge is 0.337 e. The molecule has 0 aromatic heterocycles. The molecule has 1 N–H and O–H groups in total. The molecular formula is C28H27ClO4. The molecule has 0 heterocycles. The predicted octanol–water partition coefficient (Wildman–Crippen LogP) is 5.75. The number of hydrogen-bond acceptors (Lipinski definition) is 4. The van der Waals surface area contributed by atoms with E-state index in [-0.39, 0.29) is 16.6 Å². The van der Waals surface area contributed by atoms with Gasteiger partial charge in [0, 0.05) is 16.0 Å². The van der Waals surface area contributed by atoms with Crippen LogP contribution < -0.4 is 0 Å². The van der Waals surface area contributed by atoms with Gasteiger partial charge in [0.2, 0.25) is 0 Å². The second-order valence-corrected chi connectivity index (χ2v) is 10.3. The highest BCUT2D eigenvalue weighted by Crippen LogP contribution is 2.61. The van der Waals surface area contributed by atoms with E-state index in [1.54, 1.807) is 37.4 Å². The van der Waals surface area contributed by atoms with Gasteiger partial charge in [0.25, 0.3) is 0 Å². The summed E-state index contributed by atoms with van der Waals surface area (Å²) in [5.41, 5.74) is 4.03. The number of rotatable bonds is 3. The van der Waals surface area contributed by atoms with Gasteiger partial charge >= 0.3 is 5.97 Å².